The second-order valence-electron chi connectivity index (χ2n) is 28.2. The standard InChI is InChI=1S/C32H49ClN4O4Si2.C32H47ClN4O3Si2/c1-21-25(18-19-26(34-9)27(21)33)35-28(22(2)41-43(12,13)32(6,7)8)30(39)37-36-29(38)24-16-14-23(15-17-24)20-40-42(10,11)31(3,4)5;1-21-25(18-19-26(34-9)27(21)33)35-28(22(2)40-42(12,13)32(6,7)8)30-37-36-29(39-30)24-16-14-23(15-17-24)20-38-41(10,11)31(3,4)5/h14-19,22,28,35H,20H2,1-8,10-13H3,(H,36,38)(H,37,39);14-19,22,28,35H,20H2,1-8,10-13H3/t2*22-,28+/m00/s1. The number of anilines is 2. The summed E-state index contributed by atoms with van der Waals surface area (Å²) in [4.78, 5) is 33.5. The molecule has 4 N–H and O–H groups in total. The fourth-order valence-electron chi connectivity index (χ4n) is 7.56. The van der Waals surface area contributed by atoms with Crippen molar-refractivity contribution < 1.29 is 31.7 Å². The average molecular weight is 1270 g/mol. The predicted molar refractivity (Wildman–Crippen MR) is 360 cm³/mol. The Bertz CT molecular complexity index is 3190. The van der Waals surface area contributed by atoms with Gasteiger partial charge in [-0.1, -0.05) is 143 Å². The van der Waals surface area contributed by atoms with E-state index in [1.807, 2.05) is 51.1 Å². The number of nitrogens with zero attached hydrogens (tertiary/aromatic N) is 4. The Hall–Kier alpha value is -5.17. The van der Waals surface area contributed by atoms with Crippen LogP contribution in [-0.2, 0) is 35.7 Å². The molecule has 0 saturated carbocycles. The molecule has 1 heterocycles. The second kappa shape index (κ2) is 28.3. The van der Waals surface area contributed by atoms with Crippen molar-refractivity contribution >= 4 is 91.0 Å². The molecule has 21 heteroatoms. The van der Waals surface area contributed by atoms with Gasteiger partial charge in [-0.25, -0.2) is 9.69 Å². The van der Waals surface area contributed by atoms with Crippen LogP contribution >= 0.6 is 23.2 Å². The van der Waals surface area contributed by atoms with E-state index in [4.69, 9.17) is 58.5 Å². The smallest absolute Gasteiger partial charge is 0.269 e. The van der Waals surface area contributed by atoms with E-state index in [0.29, 0.717) is 63.2 Å². The molecule has 0 spiro atoms. The number of nitrogens with one attached hydrogen (secondary N) is 4. The summed E-state index contributed by atoms with van der Waals surface area (Å²) in [5.74, 6) is -0.0519. The first-order chi connectivity index (χ1) is 38.9. The van der Waals surface area contributed by atoms with E-state index in [1.54, 1.807) is 37.3 Å². The van der Waals surface area contributed by atoms with Gasteiger partial charge in [0.1, 0.15) is 12.1 Å². The fraction of sp³-hybridized carbons (Fsp3) is 0.531. The number of hydrazine groups is 1. The summed E-state index contributed by atoms with van der Waals surface area (Å²) in [6, 6.07) is 20.9. The van der Waals surface area contributed by atoms with Gasteiger partial charge in [-0.2, -0.15) is 0 Å². The first-order valence-electron chi connectivity index (χ1n) is 29.0. The van der Waals surface area contributed by atoms with Gasteiger partial charge in [-0.15, -0.1) is 10.2 Å². The van der Waals surface area contributed by atoms with Crippen LogP contribution < -0.4 is 21.5 Å². The molecular weight excluding hydrogens is 1180 g/mol. The molecule has 0 aliphatic carbocycles. The van der Waals surface area contributed by atoms with E-state index in [9.17, 15) is 9.59 Å². The van der Waals surface area contributed by atoms with Gasteiger partial charge in [-0.3, -0.25) is 20.4 Å². The average Bonchev–Trinajstić information content (AvgIpc) is 4.00. The lowest BCUT2D eigenvalue weighted by atomic mass is 10.1. The van der Waals surface area contributed by atoms with Gasteiger partial charge in [0, 0.05) is 22.5 Å². The van der Waals surface area contributed by atoms with E-state index in [1.165, 1.54) is 0 Å². The molecule has 0 saturated heterocycles. The number of hydrogen-bond donors (Lipinski definition) is 4. The molecule has 5 aromatic rings. The Balaban J connectivity index is 0.000000364. The quantitative estimate of drug-likeness (QED) is 0.0333. The highest BCUT2D eigenvalue weighted by Crippen LogP contribution is 2.43. The highest BCUT2D eigenvalue weighted by atomic mass is 35.5. The lowest BCUT2D eigenvalue weighted by Gasteiger charge is -2.40. The summed E-state index contributed by atoms with van der Waals surface area (Å²) >= 11 is 12.9. The first-order valence-corrected chi connectivity index (χ1v) is 41.4. The molecule has 4 atom stereocenters. The van der Waals surface area contributed by atoms with Crippen LogP contribution in [0.15, 0.2) is 77.2 Å². The Morgan fingerprint density at radius 2 is 0.965 bits per heavy atom. The van der Waals surface area contributed by atoms with Gasteiger partial charge in [0.2, 0.25) is 23.2 Å². The molecule has 0 aliphatic rings. The molecule has 0 radical (unpaired) electrons. The van der Waals surface area contributed by atoms with Crippen molar-refractivity contribution in [2.75, 3.05) is 10.6 Å². The number of halogens is 2. The second-order valence-corrected chi connectivity index (χ2v) is 48.0. The van der Waals surface area contributed by atoms with Crippen LogP contribution in [0, 0.1) is 27.0 Å². The maximum absolute atomic E-state index is 13.5. The Labute approximate surface area is 523 Å². The van der Waals surface area contributed by atoms with Crippen molar-refractivity contribution in [2.24, 2.45) is 0 Å². The van der Waals surface area contributed by atoms with Crippen LogP contribution in [0.1, 0.15) is 141 Å². The summed E-state index contributed by atoms with van der Waals surface area (Å²) in [7, 11) is -8.10. The SMILES string of the molecule is [C-]#[N+]c1ccc(N[C@@H](C(=O)NNC(=O)c2ccc(CO[Si](C)(C)C(C)(C)C)cc2)[C@H](C)O[Si](C)(C)C(C)(C)C)c(C)c1Cl.[C-]#[N+]c1ccc(N[C@@H](c2nnc(-c3ccc(CO[Si](C)(C)C(C)(C)C)cc3)o2)[C@H](C)O[Si](C)(C)C(C)(C)C)c(C)c1Cl. The minimum absolute atomic E-state index is 0.0262. The normalized spacial score (nSPS) is 14.2. The number of rotatable bonds is 20. The van der Waals surface area contributed by atoms with Crippen LogP contribution in [-0.4, -0.2) is 73.5 Å². The molecule has 2 amide bonds. The summed E-state index contributed by atoms with van der Waals surface area (Å²) in [6.07, 6.45) is -0.829. The maximum Gasteiger partial charge on any atom is 0.269 e. The highest BCUT2D eigenvalue weighted by molar-refractivity contribution is 6.75. The molecule has 0 aliphatic heterocycles. The van der Waals surface area contributed by atoms with Gasteiger partial charge in [0.15, 0.2) is 33.3 Å². The molecule has 0 bridgehead atoms. The van der Waals surface area contributed by atoms with Crippen molar-refractivity contribution in [1.29, 1.82) is 0 Å². The minimum atomic E-state index is -2.25. The molecule has 5 rings (SSSR count). The van der Waals surface area contributed by atoms with Crippen LogP contribution in [0.4, 0.5) is 22.7 Å². The third-order valence-corrected chi connectivity index (χ3v) is 36.7. The van der Waals surface area contributed by atoms with Crippen LogP contribution in [0.2, 0.25) is 82.6 Å². The molecule has 15 nitrogen and oxygen atoms in total. The molecule has 0 unspecified atom stereocenters. The number of aromatic nitrogens is 2. The van der Waals surface area contributed by atoms with Gasteiger partial charge in [0.25, 0.3) is 11.8 Å². The summed E-state index contributed by atoms with van der Waals surface area (Å²) in [5.41, 5.74) is 12.0. The molecular formula is C64H96Cl2N8O7Si4. The largest absolute Gasteiger partial charge is 0.418 e. The highest BCUT2D eigenvalue weighted by Gasteiger charge is 2.43. The lowest BCUT2D eigenvalue weighted by molar-refractivity contribution is -0.124. The zero-order chi connectivity index (χ0) is 64.6. The fourth-order valence-corrected chi connectivity index (χ4v) is 12.7. The van der Waals surface area contributed by atoms with E-state index < -0.39 is 63.3 Å². The van der Waals surface area contributed by atoms with Crippen LogP contribution in [0.3, 0.4) is 0 Å². The Morgan fingerprint density at radius 1 is 0.565 bits per heavy atom. The maximum atomic E-state index is 13.5. The molecule has 0 fully saturated rings. The molecule has 1 aromatic heterocycles. The van der Waals surface area contributed by atoms with Crippen molar-refractivity contribution in [2.45, 2.75) is 221 Å². The van der Waals surface area contributed by atoms with E-state index in [0.717, 1.165) is 27.9 Å². The van der Waals surface area contributed by atoms with Gasteiger partial charge < -0.3 is 32.8 Å². The lowest BCUT2D eigenvalue weighted by Crippen LogP contribution is -2.55. The van der Waals surface area contributed by atoms with Crippen molar-refractivity contribution in [3.63, 3.8) is 0 Å². The number of carbonyl (C=O) groups excluding carboxylic acids is 2. The zero-order valence-corrected chi connectivity index (χ0v) is 60.6. The topological polar surface area (TPSA) is 167 Å². The Kier molecular flexibility index (Phi) is 24.1. The van der Waals surface area contributed by atoms with Crippen molar-refractivity contribution in [1.82, 2.24) is 21.0 Å². The predicted octanol–water partition coefficient (Wildman–Crippen LogP) is 18.7. The summed E-state index contributed by atoms with van der Waals surface area (Å²) in [5, 5.41) is 16.6. The van der Waals surface area contributed by atoms with Crippen molar-refractivity contribution in [3.05, 3.63) is 139 Å². The monoisotopic (exact) mass is 1270 g/mol. The van der Waals surface area contributed by atoms with Crippen LogP contribution in [0.5, 0.6) is 0 Å². The minimum Gasteiger partial charge on any atom is -0.418 e. The van der Waals surface area contributed by atoms with Gasteiger partial charge in [-0.05, 0) is 159 Å². The first kappa shape index (κ1) is 72.3. The Morgan fingerprint density at radius 3 is 1.38 bits per heavy atom. The van der Waals surface area contributed by atoms with E-state index in [-0.39, 0.29) is 26.3 Å². The molecule has 4 aromatic carbocycles. The number of amides is 2. The summed E-state index contributed by atoms with van der Waals surface area (Å²) < 4.78 is 32.3. The van der Waals surface area contributed by atoms with Crippen LogP contribution in [0.25, 0.3) is 21.1 Å². The third-order valence-electron chi connectivity index (χ3n) is 17.6. The summed E-state index contributed by atoms with van der Waals surface area (Å²) in [6.45, 7) is 67.3. The van der Waals surface area contributed by atoms with Gasteiger partial charge in [0.05, 0.1) is 48.6 Å². The third kappa shape index (κ3) is 18.9. The van der Waals surface area contributed by atoms with Crippen molar-refractivity contribution in [3.8, 4) is 11.5 Å². The molecule has 85 heavy (non-hydrogen) atoms. The van der Waals surface area contributed by atoms with E-state index in [2.05, 4.69) is 189 Å². The number of benzene rings is 4. The number of carbonyl (C=O) groups is 2. The molecule has 464 valence electrons. The van der Waals surface area contributed by atoms with Gasteiger partial charge >= 0.3 is 0 Å². The number of hydrogen-bond acceptors (Lipinski definition) is 11. The zero-order valence-electron chi connectivity index (χ0n) is 55.1. The van der Waals surface area contributed by atoms with E-state index >= 15 is 0 Å².